The molecule has 7 heteroatoms. The molecule has 1 aromatic heterocycles. The van der Waals surface area contributed by atoms with Gasteiger partial charge in [0.25, 0.3) is 0 Å². The number of nitrogens with one attached hydrogen (secondary N) is 1. The average Bonchev–Trinajstić information content (AvgIpc) is 2.80. The normalized spacial score (nSPS) is 10.6. The average molecular weight is 311 g/mol. The zero-order chi connectivity index (χ0) is 14.7. The van der Waals surface area contributed by atoms with Gasteiger partial charge < -0.3 is 4.74 Å². The third-order valence-electron chi connectivity index (χ3n) is 2.74. The molecule has 0 fully saturated rings. The van der Waals surface area contributed by atoms with Gasteiger partial charge in [0, 0.05) is 11.3 Å². The Hall–Kier alpha value is -1.86. The Balaban J connectivity index is 2.41. The Morgan fingerprint density at radius 2 is 1.90 bits per heavy atom. The molecule has 0 aliphatic carbocycles. The van der Waals surface area contributed by atoms with Crippen molar-refractivity contribution in [2.45, 2.75) is 6.92 Å². The second-order valence-electron chi connectivity index (χ2n) is 4.06. The molecule has 0 radical (unpaired) electrons. The minimum atomic E-state index is -2.68. The molecule has 0 bridgehead atoms. The van der Waals surface area contributed by atoms with Gasteiger partial charge in [-0.2, -0.15) is 0 Å². The maximum absolute atomic E-state index is 11.7. The summed E-state index contributed by atoms with van der Waals surface area (Å²) in [5.74, 6) is -0.372. The van der Waals surface area contributed by atoms with Crippen molar-refractivity contribution in [1.29, 1.82) is 0 Å². The van der Waals surface area contributed by atoms with Gasteiger partial charge in [-0.25, -0.2) is 13.2 Å². The SMILES string of the molecule is COC(=O)c1scc(C)c1-c1ccc(N[SH](=O)=O)cc1. The number of hydrogen-bond acceptors (Lipinski definition) is 5. The van der Waals surface area contributed by atoms with Crippen LogP contribution in [-0.4, -0.2) is 21.5 Å². The lowest BCUT2D eigenvalue weighted by molar-refractivity contribution is 0.0607. The van der Waals surface area contributed by atoms with Gasteiger partial charge in [-0.1, -0.05) is 12.1 Å². The summed E-state index contributed by atoms with van der Waals surface area (Å²) in [6.07, 6.45) is 0. The van der Waals surface area contributed by atoms with Gasteiger partial charge in [0.05, 0.1) is 7.11 Å². The van der Waals surface area contributed by atoms with E-state index in [1.807, 2.05) is 12.3 Å². The first-order chi connectivity index (χ1) is 9.52. The molecule has 0 aliphatic heterocycles. The topological polar surface area (TPSA) is 72.5 Å². The van der Waals surface area contributed by atoms with E-state index in [9.17, 15) is 13.2 Å². The van der Waals surface area contributed by atoms with Crippen LogP contribution in [0.4, 0.5) is 5.69 Å². The number of methoxy groups -OCH3 is 1. The van der Waals surface area contributed by atoms with Crippen molar-refractivity contribution in [1.82, 2.24) is 0 Å². The van der Waals surface area contributed by atoms with E-state index in [1.54, 1.807) is 24.3 Å². The van der Waals surface area contributed by atoms with Gasteiger partial charge in [0.15, 0.2) is 0 Å². The van der Waals surface area contributed by atoms with Crippen molar-refractivity contribution < 1.29 is 17.9 Å². The van der Waals surface area contributed by atoms with Crippen LogP contribution in [-0.2, 0) is 15.6 Å². The van der Waals surface area contributed by atoms with Crippen LogP contribution >= 0.6 is 11.3 Å². The smallest absolute Gasteiger partial charge is 0.348 e. The molecule has 0 spiro atoms. The molecule has 0 atom stereocenters. The van der Waals surface area contributed by atoms with Crippen LogP contribution in [0, 0.1) is 6.92 Å². The summed E-state index contributed by atoms with van der Waals surface area (Å²) in [6.45, 7) is 1.92. The highest BCUT2D eigenvalue weighted by atomic mass is 32.2. The Labute approximate surface area is 122 Å². The highest BCUT2D eigenvalue weighted by Crippen LogP contribution is 2.33. The number of carbonyl (C=O) groups is 1. The highest BCUT2D eigenvalue weighted by Gasteiger charge is 2.17. The summed E-state index contributed by atoms with van der Waals surface area (Å²) >= 11 is 1.33. The Bertz CT molecular complexity index is 694. The zero-order valence-corrected chi connectivity index (χ0v) is 12.6. The van der Waals surface area contributed by atoms with E-state index in [0.717, 1.165) is 16.7 Å². The fourth-order valence-corrected chi connectivity index (χ4v) is 3.21. The third kappa shape index (κ3) is 3.00. The number of aryl methyl sites for hydroxylation is 1. The standard InChI is InChI=1S/C13H13NO4S2/c1-8-7-19-12(13(15)18-2)11(8)9-3-5-10(6-4-9)14-20(16)17/h3-7,20H,1-2H3,(H,14,16,17). The summed E-state index contributed by atoms with van der Waals surface area (Å²) in [4.78, 5) is 12.3. The molecule has 1 aromatic carbocycles. The van der Waals surface area contributed by atoms with Gasteiger partial charge >= 0.3 is 5.97 Å². The highest BCUT2D eigenvalue weighted by molar-refractivity contribution is 7.73. The van der Waals surface area contributed by atoms with Gasteiger partial charge in [-0.05, 0) is 35.6 Å². The van der Waals surface area contributed by atoms with E-state index in [2.05, 4.69) is 4.72 Å². The monoisotopic (exact) mass is 311 g/mol. The van der Waals surface area contributed by atoms with E-state index in [4.69, 9.17) is 4.74 Å². The molecule has 0 aliphatic rings. The summed E-state index contributed by atoms with van der Waals surface area (Å²) in [7, 11) is -1.33. The van der Waals surface area contributed by atoms with E-state index < -0.39 is 10.9 Å². The molecule has 2 rings (SSSR count). The van der Waals surface area contributed by atoms with Gasteiger partial charge in [0.2, 0.25) is 10.9 Å². The van der Waals surface area contributed by atoms with Crippen molar-refractivity contribution in [3.63, 3.8) is 0 Å². The first-order valence-corrected chi connectivity index (χ1v) is 7.76. The van der Waals surface area contributed by atoms with Crippen LogP contribution < -0.4 is 4.72 Å². The second kappa shape index (κ2) is 6.06. The van der Waals surface area contributed by atoms with E-state index >= 15 is 0 Å². The number of benzene rings is 1. The predicted octanol–water partition coefficient (Wildman–Crippen LogP) is 2.45. The third-order valence-corrected chi connectivity index (χ3v) is 4.26. The molecule has 0 unspecified atom stereocenters. The van der Waals surface area contributed by atoms with Crippen LogP contribution in [0.15, 0.2) is 29.6 Å². The van der Waals surface area contributed by atoms with Crippen LogP contribution in [0.25, 0.3) is 11.1 Å². The summed E-state index contributed by atoms with van der Waals surface area (Å²) < 4.78 is 28.2. The quantitative estimate of drug-likeness (QED) is 0.672. The van der Waals surface area contributed by atoms with Gasteiger partial charge in [0.1, 0.15) is 4.88 Å². The van der Waals surface area contributed by atoms with Crippen molar-refractivity contribution in [2.24, 2.45) is 0 Å². The van der Waals surface area contributed by atoms with Crippen molar-refractivity contribution in [3.8, 4) is 11.1 Å². The van der Waals surface area contributed by atoms with E-state index in [0.29, 0.717) is 10.6 Å². The molecule has 5 nitrogen and oxygen atoms in total. The van der Waals surface area contributed by atoms with Crippen LogP contribution in [0.1, 0.15) is 15.2 Å². The first-order valence-electron chi connectivity index (χ1n) is 5.71. The lowest BCUT2D eigenvalue weighted by atomic mass is 10.0. The molecular formula is C13H13NO4S2. The Morgan fingerprint density at radius 1 is 1.25 bits per heavy atom. The van der Waals surface area contributed by atoms with Gasteiger partial charge in [-0.3, -0.25) is 4.72 Å². The molecule has 1 N–H and O–H groups in total. The lowest BCUT2D eigenvalue weighted by Crippen LogP contribution is -2.00. The number of carbonyl (C=O) groups excluding carboxylic acids is 1. The van der Waals surface area contributed by atoms with Crippen molar-refractivity contribution >= 4 is 33.9 Å². The first kappa shape index (κ1) is 14.5. The van der Waals surface area contributed by atoms with E-state index in [-0.39, 0.29) is 5.97 Å². The molecule has 106 valence electrons. The fraction of sp³-hybridized carbons (Fsp3) is 0.154. The van der Waals surface area contributed by atoms with Crippen molar-refractivity contribution in [3.05, 3.63) is 40.1 Å². The number of esters is 1. The molecule has 20 heavy (non-hydrogen) atoms. The number of hydrogen-bond donors (Lipinski definition) is 2. The fourth-order valence-electron chi connectivity index (χ4n) is 1.86. The Kier molecular flexibility index (Phi) is 4.41. The van der Waals surface area contributed by atoms with Crippen LogP contribution in [0.2, 0.25) is 0 Å². The maximum Gasteiger partial charge on any atom is 0.348 e. The minimum Gasteiger partial charge on any atom is -0.465 e. The molecule has 0 saturated carbocycles. The number of thiophene rings is 1. The Morgan fingerprint density at radius 3 is 2.45 bits per heavy atom. The molecular weight excluding hydrogens is 298 g/mol. The molecule has 1 heterocycles. The molecule has 0 saturated heterocycles. The van der Waals surface area contributed by atoms with Crippen LogP contribution in [0.3, 0.4) is 0 Å². The summed E-state index contributed by atoms with van der Waals surface area (Å²) in [6, 6.07) is 6.84. The number of thiol groups is 1. The zero-order valence-electron chi connectivity index (χ0n) is 10.9. The number of anilines is 1. The second-order valence-corrected chi connectivity index (χ2v) is 5.68. The summed E-state index contributed by atoms with van der Waals surface area (Å²) in [5.41, 5.74) is 3.12. The maximum atomic E-state index is 11.7. The number of rotatable bonds is 4. The number of ether oxygens (including phenoxy) is 1. The predicted molar refractivity (Wildman–Crippen MR) is 79.8 cm³/mol. The molecule has 0 amide bonds. The minimum absolute atomic E-state index is 0.372. The van der Waals surface area contributed by atoms with Crippen molar-refractivity contribution in [2.75, 3.05) is 11.8 Å². The lowest BCUT2D eigenvalue weighted by Gasteiger charge is -2.06. The van der Waals surface area contributed by atoms with Crippen LogP contribution in [0.5, 0.6) is 0 Å². The summed E-state index contributed by atoms with van der Waals surface area (Å²) in [5, 5.41) is 1.89. The van der Waals surface area contributed by atoms with Gasteiger partial charge in [-0.15, -0.1) is 11.3 Å². The largest absolute Gasteiger partial charge is 0.465 e. The molecule has 2 aromatic rings. The van der Waals surface area contributed by atoms with E-state index in [1.165, 1.54) is 18.4 Å².